The molecule has 116 valence electrons. The van der Waals surface area contributed by atoms with Gasteiger partial charge in [0, 0.05) is 5.56 Å². The highest BCUT2D eigenvalue weighted by Crippen LogP contribution is 2.22. The van der Waals surface area contributed by atoms with Crippen LogP contribution >= 0.6 is 0 Å². The van der Waals surface area contributed by atoms with E-state index in [-0.39, 0.29) is 17.7 Å². The molecular weight excluding hydrogens is 270 g/mol. The maximum atomic E-state index is 12.7. The number of rotatable bonds is 4. The van der Waals surface area contributed by atoms with Crippen molar-refractivity contribution >= 4 is 11.8 Å². The molecule has 2 heterocycles. The number of nitrogens with one attached hydrogen (secondary N) is 1. The van der Waals surface area contributed by atoms with E-state index in [0.717, 1.165) is 17.7 Å². The molecule has 21 heavy (non-hydrogen) atoms. The Kier molecular flexibility index (Phi) is 4.34. The third kappa shape index (κ3) is 2.80. The van der Waals surface area contributed by atoms with E-state index in [1.165, 1.54) is 0 Å². The number of aryl methyl sites for hydroxylation is 2. The van der Waals surface area contributed by atoms with Gasteiger partial charge < -0.3 is 14.7 Å². The molecule has 2 amide bonds. The fraction of sp³-hybridized carbons (Fsp3) is 0.667. The molecule has 1 aliphatic rings. The van der Waals surface area contributed by atoms with Crippen molar-refractivity contribution in [1.82, 2.24) is 15.4 Å². The standard InChI is InChI=1S/C15H23N3O3/c1-6-8(2)13-15(20)18(10(4)14(19)16-13)7-12-9(3)17-21-11(12)5/h8,10,13H,6-7H2,1-5H3,(H,16,19). The Morgan fingerprint density at radius 2 is 2.05 bits per heavy atom. The molecule has 0 saturated carbocycles. The molecule has 3 atom stereocenters. The predicted molar refractivity (Wildman–Crippen MR) is 77.4 cm³/mol. The maximum Gasteiger partial charge on any atom is 0.246 e. The van der Waals surface area contributed by atoms with Crippen LogP contribution in [0.15, 0.2) is 4.52 Å². The van der Waals surface area contributed by atoms with Crippen LogP contribution in [0, 0.1) is 19.8 Å². The van der Waals surface area contributed by atoms with Crippen LogP contribution in [0.2, 0.25) is 0 Å². The lowest BCUT2D eigenvalue weighted by Crippen LogP contribution is -2.63. The van der Waals surface area contributed by atoms with Crippen molar-refractivity contribution in [2.45, 2.75) is 59.7 Å². The smallest absolute Gasteiger partial charge is 0.246 e. The van der Waals surface area contributed by atoms with E-state index in [1.54, 1.807) is 11.8 Å². The first kappa shape index (κ1) is 15.5. The van der Waals surface area contributed by atoms with Gasteiger partial charge in [0.2, 0.25) is 11.8 Å². The zero-order valence-corrected chi connectivity index (χ0v) is 13.3. The molecule has 0 spiro atoms. The molecule has 1 N–H and O–H groups in total. The Labute approximate surface area is 124 Å². The quantitative estimate of drug-likeness (QED) is 0.914. The lowest BCUT2D eigenvalue weighted by atomic mass is 9.94. The highest BCUT2D eigenvalue weighted by molar-refractivity contribution is 5.96. The minimum Gasteiger partial charge on any atom is -0.361 e. The van der Waals surface area contributed by atoms with Crippen LogP contribution in [-0.4, -0.2) is 34.0 Å². The zero-order valence-electron chi connectivity index (χ0n) is 13.3. The predicted octanol–water partition coefficient (Wildman–Crippen LogP) is 1.55. The molecule has 0 aliphatic carbocycles. The molecule has 3 unspecified atom stereocenters. The highest BCUT2D eigenvalue weighted by Gasteiger charge is 2.40. The van der Waals surface area contributed by atoms with Gasteiger partial charge in [-0.3, -0.25) is 9.59 Å². The van der Waals surface area contributed by atoms with E-state index < -0.39 is 12.1 Å². The van der Waals surface area contributed by atoms with E-state index in [9.17, 15) is 9.59 Å². The van der Waals surface area contributed by atoms with Crippen LogP contribution in [0.5, 0.6) is 0 Å². The summed E-state index contributed by atoms with van der Waals surface area (Å²) in [4.78, 5) is 26.5. The second-order valence-electron chi connectivity index (χ2n) is 5.82. The first-order valence-electron chi connectivity index (χ1n) is 7.39. The number of nitrogens with zero attached hydrogens (tertiary/aromatic N) is 2. The number of aromatic nitrogens is 1. The van der Waals surface area contributed by atoms with Crippen LogP contribution in [0.25, 0.3) is 0 Å². The van der Waals surface area contributed by atoms with Crippen LogP contribution in [0.3, 0.4) is 0 Å². The minimum absolute atomic E-state index is 0.0311. The Morgan fingerprint density at radius 3 is 2.57 bits per heavy atom. The average molecular weight is 293 g/mol. The summed E-state index contributed by atoms with van der Waals surface area (Å²) in [6.45, 7) is 9.77. The van der Waals surface area contributed by atoms with Gasteiger partial charge in [-0.1, -0.05) is 25.4 Å². The van der Waals surface area contributed by atoms with E-state index in [4.69, 9.17) is 4.52 Å². The minimum atomic E-state index is -0.480. The van der Waals surface area contributed by atoms with Crippen molar-refractivity contribution in [1.29, 1.82) is 0 Å². The van der Waals surface area contributed by atoms with Crippen molar-refractivity contribution in [3.63, 3.8) is 0 Å². The maximum absolute atomic E-state index is 12.7. The summed E-state index contributed by atoms with van der Waals surface area (Å²) in [5.74, 6) is 0.669. The third-order valence-electron chi connectivity index (χ3n) is 4.42. The molecule has 1 aliphatic heterocycles. The van der Waals surface area contributed by atoms with Crippen molar-refractivity contribution in [2.24, 2.45) is 5.92 Å². The van der Waals surface area contributed by atoms with E-state index >= 15 is 0 Å². The fourth-order valence-corrected chi connectivity index (χ4v) is 2.58. The van der Waals surface area contributed by atoms with Crippen molar-refractivity contribution in [2.75, 3.05) is 0 Å². The SMILES string of the molecule is CCC(C)C1NC(=O)C(C)N(Cc2c(C)noc2C)C1=O. The monoisotopic (exact) mass is 293 g/mol. The Balaban J connectivity index is 2.27. The summed E-state index contributed by atoms with van der Waals surface area (Å²) < 4.78 is 5.14. The van der Waals surface area contributed by atoms with Crippen LogP contribution in [-0.2, 0) is 16.1 Å². The summed E-state index contributed by atoms with van der Waals surface area (Å²) in [5, 5.41) is 6.74. The third-order valence-corrected chi connectivity index (χ3v) is 4.42. The zero-order chi connectivity index (χ0) is 15.7. The van der Waals surface area contributed by atoms with E-state index in [2.05, 4.69) is 10.5 Å². The van der Waals surface area contributed by atoms with E-state index in [0.29, 0.717) is 12.3 Å². The molecule has 1 aromatic heterocycles. The summed E-state index contributed by atoms with van der Waals surface area (Å²) in [6, 6.07) is -0.925. The van der Waals surface area contributed by atoms with Crippen LogP contribution in [0.1, 0.15) is 44.2 Å². The van der Waals surface area contributed by atoms with Gasteiger partial charge in [0.25, 0.3) is 0 Å². The second-order valence-corrected chi connectivity index (χ2v) is 5.82. The van der Waals surface area contributed by atoms with Crippen molar-refractivity contribution < 1.29 is 14.1 Å². The van der Waals surface area contributed by atoms with Crippen molar-refractivity contribution in [3.8, 4) is 0 Å². The van der Waals surface area contributed by atoms with Gasteiger partial charge in [-0.05, 0) is 26.7 Å². The van der Waals surface area contributed by atoms with Gasteiger partial charge in [0.15, 0.2) is 0 Å². The number of amides is 2. The van der Waals surface area contributed by atoms with Gasteiger partial charge in [0.05, 0.1) is 12.2 Å². The molecule has 0 aromatic carbocycles. The molecule has 1 fully saturated rings. The number of piperazine rings is 1. The summed E-state index contributed by atoms with van der Waals surface area (Å²) >= 11 is 0. The molecule has 2 rings (SSSR count). The van der Waals surface area contributed by atoms with Gasteiger partial charge >= 0.3 is 0 Å². The number of carbonyl (C=O) groups is 2. The van der Waals surface area contributed by atoms with Gasteiger partial charge in [-0.2, -0.15) is 0 Å². The normalized spacial score (nSPS) is 24.1. The van der Waals surface area contributed by atoms with Gasteiger partial charge in [-0.25, -0.2) is 0 Å². The van der Waals surface area contributed by atoms with Gasteiger partial charge in [0.1, 0.15) is 17.8 Å². The molecule has 6 nitrogen and oxygen atoms in total. The Hall–Kier alpha value is -1.85. The Morgan fingerprint density at radius 1 is 1.38 bits per heavy atom. The summed E-state index contributed by atoms with van der Waals surface area (Å²) in [6.07, 6.45) is 0.838. The second kappa shape index (κ2) is 5.87. The lowest BCUT2D eigenvalue weighted by molar-refractivity contribution is -0.150. The number of hydrogen-bond donors (Lipinski definition) is 1. The number of hydrogen-bond acceptors (Lipinski definition) is 4. The van der Waals surface area contributed by atoms with Crippen molar-refractivity contribution in [3.05, 3.63) is 17.0 Å². The Bertz CT molecular complexity index is 533. The van der Waals surface area contributed by atoms with E-state index in [1.807, 2.05) is 27.7 Å². The molecule has 1 aromatic rings. The lowest BCUT2D eigenvalue weighted by Gasteiger charge is -2.39. The first-order valence-corrected chi connectivity index (χ1v) is 7.39. The molecule has 6 heteroatoms. The van der Waals surface area contributed by atoms with Crippen LogP contribution < -0.4 is 5.32 Å². The van der Waals surface area contributed by atoms with Crippen LogP contribution in [0.4, 0.5) is 0 Å². The summed E-state index contributed by atoms with van der Waals surface area (Å²) in [5.41, 5.74) is 1.64. The largest absolute Gasteiger partial charge is 0.361 e. The van der Waals surface area contributed by atoms with Gasteiger partial charge in [-0.15, -0.1) is 0 Å². The topological polar surface area (TPSA) is 75.4 Å². The average Bonchev–Trinajstić information content (AvgIpc) is 2.77. The first-order chi connectivity index (χ1) is 9.86. The molecular formula is C15H23N3O3. The summed E-state index contributed by atoms with van der Waals surface area (Å²) in [7, 11) is 0. The molecule has 1 saturated heterocycles. The highest BCUT2D eigenvalue weighted by atomic mass is 16.5. The molecule has 0 radical (unpaired) electrons. The molecule has 0 bridgehead atoms. The fourth-order valence-electron chi connectivity index (χ4n) is 2.58. The number of carbonyl (C=O) groups excluding carboxylic acids is 2.